The fourth-order valence-corrected chi connectivity index (χ4v) is 2.83. The SMILES string of the molecule is CC(C)CC(CO)NC(=O)C1COc2ccc(Br)cc21. The average molecular weight is 342 g/mol. The number of amides is 1. The molecule has 0 aromatic heterocycles. The van der Waals surface area contributed by atoms with Gasteiger partial charge in [0.1, 0.15) is 18.3 Å². The highest BCUT2D eigenvalue weighted by atomic mass is 79.9. The summed E-state index contributed by atoms with van der Waals surface area (Å²) in [5.41, 5.74) is 0.901. The van der Waals surface area contributed by atoms with Gasteiger partial charge in [0.2, 0.25) is 5.91 Å². The van der Waals surface area contributed by atoms with E-state index in [-0.39, 0.29) is 24.5 Å². The van der Waals surface area contributed by atoms with Crippen LogP contribution in [0.2, 0.25) is 0 Å². The first-order valence-electron chi connectivity index (χ1n) is 6.84. The number of fused-ring (bicyclic) bond motifs is 1. The maximum atomic E-state index is 12.4. The molecule has 1 aromatic rings. The van der Waals surface area contributed by atoms with Crippen LogP contribution in [0, 0.1) is 5.92 Å². The number of rotatable bonds is 5. The molecule has 4 nitrogen and oxygen atoms in total. The number of hydrogen-bond donors (Lipinski definition) is 2. The third kappa shape index (κ3) is 3.52. The van der Waals surface area contributed by atoms with Gasteiger partial charge in [-0.1, -0.05) is 29.8 Å². The Labute approximate surface area is 127 Å². The zero-order valence-corrected chi connectivity index (χ0v) is 13.3. The van der Waals surface area contributed by atoms with E-state index in [0.29, 0.717) is 12.5 Å². The summed E-state index contributed by atoms with van der Waals surface area (Å²) in [6, 6.07) is 5.49. The molecule has 0 radical (unpaired) electrons. The van der Waals surface area contributed by atoms with Gasteiger partial charge in [-0.05, 0) is 30.5 Å². The first kappa shape index (κ1) is 15.3. The number of carbonyl (C=O) groups excluding carboxylic acids is 1. The van der Waals surface area contributed by atoms with Crippen LogP contribution in [0.1, 0.15) is 31.7 Å². The molecule has 1 aromatic carbocycles. The molecule has 0 aliphatic carbocycles. The molecule has 1 aliphatic heterocycles. The molecule has 2 unspecified atom stereocenters. The van der Waals surface area contributed by atoms with E-state index in [0.717, 1.165) is 22.2 Å². The topological polar surface area (TPSA) is 58.6 Å². The number of benzene rings is 1. The minimum atomic E-state index is -0.302. The Morgan fingerprint density at radius 1 is 1.55 bits per heavy atom. The van der Waals surface area contributed by atoms with Crippen LogP contribution in [-0.2, 0) is 4.79 Å². The minimum absolute atomic E-state index is 0.0389. The summed E-state index contributed by atoms with van der Waals surface area (Å²) in [6.07, 6.45) is 0.765. The number of halogens is 1. The highest BCUT2D eigenvalue weighted by Crippen LogP contribution is 2.36. The lowest BCUT2D eigenvalue weighted by molar-refractivity contribution is -0.123. The molecular formula is C15H20BrNO3. The van der Waals surface area contributed by atoms with Crippen LogP contribution in [0.15, 0.2) is 22.7 Å². The molecule has 2 atom stereocenters. The molecule has 1 aliphatic rings. The smallest absolute Gasteiger partial charge is 0.231 e. The van der Waals surface area contributed by atoms with Gasteiger partial charge in [0.25, 0.3) is 0 Å². The molecule has 0 bridgehead atoms. The van der Waals surface area contributed by atoms with E-state index in [1.165, 1.54) is 0 Å². The monoisotopic (exact) mass is 341 g/mol. The molecule has 0 saturated heterocycles. The van der Waals surface area contributed by atoms with E-state index < -0.39 is 0 Å². The Balaban J connectivity index is 2.06. The number of aliphatic hydroxyl groups excluding tert-OH is 1. The minimum Gasteiger partial charge on any atom is -0.492 e. The van der Waals surface area contributed by atoms with Crippen LogP contribution in [-0.4, -0.2) is 30.3 Å². The van der Waals surface area contributed by atoms with Gasteiger partial charge in [-0.25, -0.2) is 0 Å². The van der Waals surface area contributed by atoms with Crippen molar-refractivity contribution in [3.63, 3.8) is 0 Å². The van der Waals surface area contributed by atoms with E-state index in [4.69, 9.17) is 4.74 Å². The van der Waals surface area contributed by atoms with E-state index in [2.05, 4.69) is 35.1 Å². The first-order chi connectivity index (χ1) is 9.51. The zero-order valence-electron chi connectivity index (χ0n) is 11.7. The third-order valence-corrected chi connectivity index (χ3v) is 3.89. The van der Waals surface area contributed by atoms with Crippen LogP contribution >= 0.6 is 15.9 Å². The summed E-state index contributed by atoms with van der Waals surface area (Å²) in [5.74, 6) is 0.803. The lowest BCUT2D eigenvalue weighted by Crippen LogP contribution is -2.41. The van der Waals surface area contributed by atoms with Crippen molar-refractivity contribution in [3.8, 4) is 5.75 Å². The molecule has 1 amide bonds. The van der Waals surface area contributed by atoms with Crippen molar-refractivity contribution in [2.24, 2.45) is 5.92 Å². The van der Waals surface area contributed by atoms with Gasteiger partial charge in [0.05, 0.1) is 12.6 Å². The first-order valence-corrected chi connectivity index (χ1v) is 7.64. The van der Waals surface area contributed by atoms with E-state index >= 15 is 0 Å². The largest absolute Gasteiger partial charge is 0.492 e. The third-order valence-electron chi connectivity index (χ3n) is 3.39. The van der Waals surface area contributed by atoms with Crippen molar-refractivity contribution < 1.29 is 14.6 Å². The van der Waals surface area contributed by atoms with Gasteiger partial charge in [-0.3, -0.25) is 4.79 Å². The summed E-state index contributed by atoms with van der Waals surface area (Å²) in [6.45, 7) is 4.46. The van der Waals surface area contributed by atoms with Crippen LogP contribution in [0.25, 0.3) is 0 Å². The standard InChI is InChI=1S/C15H20BrNO3/c1-9(2)5-11(7-18)17-15(19)13-8-20-14-4-3-10(16)6-12(13)14/h3-4,6,9,11,13,18H,5,7-8H2,1-2H3,(H,17,19). The Kier molecular flexibility index (Phi) is 5.05. The Morgan fingerprint density at radius 2 is 2.30 bits per heavy atom. The molecule has 0 saturated carbocycles. The predicted molar refractivity (Wildman–Crippen MR) is 80.8 cm³/mol. The average Bonchev–Trinajstić information content (AvgIpc) is 2.80. The van der Waals surface area contributed by atoms with Crippen LogP contribution < -0.4 is 10.1 Å². The molecule has 2 N–H and O–H groups in total. The molecule has 1 heterocycles. The highest BCUT2D eigenvalue weighted by Gasteiger charge is 2.31. The quantitative estimate of drug-likeness (QED) is 0.864. The van der Waals surface area contributed by atoms with Gasteiger partial charge >= 0.3 is 0 Å². The van der Waals surface area contributed by atoms with E-state index in [1.54, 1.807) is 0 Å². The predicted octanol–water partition coefficient (Wildman–Crippen LogP) is 2.45. The van der Waals surface area contributed by atoms with E-state index in [9.17, 15) is 9.90 Å². The van der Waals surface area contributed by atoms with E-state index in [1.807, 2.05) is 18.2 Å². The maximum absolute atomic E-state index is 12.4. The highest BCUT2D eigenvalue weighted by molar-refractivity contribution is 9.10. The van der Waals surface area contributed by atoms with Crippen molar-refractivity contribution in [3.05, 3.63) is 28.2 Å². The van der Waals surface area contributed by atoms with Crippen molar-refractivity contribution >= 4 is 21.8 Å². The van der Waals surface area contributed by atoms with Crippen molar-refractivity contribution in [1.82, 2.24) is 5.32 Å². The second-order valence-corrected chi connectivity index (χ2v) is 6.48. The van der Waals surface area contributed by atoms with Gasteiger partial charge in [-0.15, -0.1) is 0 Å². The summed E-state index contributed by atoms with van der Waals surface area (Å²) >= 11 is 3.41. The molecule has 110 valence electrons. The Morgan fingerprint density at radius 3 is 2.95 bits per heavy atom. The van der Waals surface area contributed by atoms with Crippen LogP contribution in [0.4, 0.5) is 0 Å². The maximum Gasteiger partial charge on any atom is 0.231 e. The van der Waals surface area contributed by atoms with Crippen molar-refractivity contribution in [1.29, 1.82) is 0 Å². The number of ether oxygens (including phenoxy) is 1. The molecule has 0 fully saturated rings. The van der Waals surface area contributed by atoms with Gasteiger partial charge in [-0.2, -0.15) is 0 Å². The number of carbonyl (C=O) groups is 1. The lowest BCUT2D eigenvalue weighted by Gasteiger charge is -2.20. The van der Waals surface area contributed by atoms with Gasteiger partial charge < -0.3 is 15.2 Å². The fourth-order valence-electron chi connectivity index (χ4n) is 2.45. The second-order valence-electron chi connectivity index (χ2n) is 5.56. The Hall–Kier alpha value is -1.07. The number of hydrogen-bond acceptors (Lipinski definition) is 3. The summed E-state index contributed by atoms with van der Waals surface area (Å²) < 4.78 is 6.47. The second kappa shape index (κ2) is 6.59. The zero-order chi connectivity index (χ0) is 14.7. The van der Waals surface area contributed by atoms with Crippen LogP contribution in [0.3, 0.4) is 0 Å². The van der Waals surface area contributed by atoms with Crippen molar-refractivity contribution in [2.75, 3.05) is 13.2 Å². The Bertz CT molecular complexity index is 490. The number of aliphatic hydroxyl groups is 1. The van der Waals surface area contributed by atoms with Crippen molar-refractivity contribution in [2.45, 2.75) is 32.2 Å². The molecule has 2 rings (SSSR count). The fraction of sp³-hybridized carbons (Fsp3) is 0.533. The summed E-state index contributed by atoms with van der Waals surface area (Å²) in [4.78, 5) is 12.4. The normalized spacial score (nSPS) is 18.6. The molecule has 5 heteroatoms. The number of nitrogens with one attached hydrogen (secondary N) is 1. The summed E-state index contributed by atoms with van der Waals surface area (Å²) in [5, 5.41) is 12.3. The summed E-state index contributed by atoms with van der Waals surface area (Å²) in [7, 11) is 0. The van der Waals surface area contributed by atoms with Crippen LogP contribution in [0.5, 0.6) is 5.75 Å². The van der Waals surface area contributed by atoms with Gasteiger partial charge in [0.15, 0.2) is 0 Å². The lowest BCUT2D eigenvalue weighted by atomic mass is 9.99. The molecular weight excluding hydrogens is 322 g/mol. The molecule has 20 heavy (non-hydrogen) atoms. The molecule has 0 spiro atoms. The van der Waals surface area contributed by atoms with Gasteiger partial charge in [0, 0.05) is 10.0 Å².